The molecule has 98 valence electrons. The molecule has 0 radical (unpaired) electrons. The Bertz CT molecular complexity index is 485. The van der Waals surface area contributed by atoms with Crippen LogP contribution in [0.15, 0.2) is 0 Å². The molecule has 1 aliphatic rings. The molecular formula is C9H12ClN5O3. The van der Waals surface area contributed by atoms with E-state index in [1.807, 2.05) is 0 Å². The SMILES string of the molecule is COc1nc(Cl)nc(N2CCC(N)(C(=O)O)C2)n1. The van der Waals surface area contributed by atoms with Crippen LogP contribution in [0.25, 0.3) is 0 Å². The number of rotatable bonds is 3. The molecule has 2 heterocycles. The van der Waals surface area contributed by atoms with E-state index in [9.17, 15) is 4.79 Å². The van der Waals surface area contributed by atoms with E-state index in [2.05, 4.69) is 15.0 Å². The Morgan fingerprint density at radius 2 is 2.28 bits per heavy atom. The molecule has 1 unspecified atom stereocenters. The van der Waals surface area contributed by atoms with E-state index < -0.39 is 11.5 Å². The van der Waals surface area contributed by atoms with E-state index in [0.717, 1.165) is 0 Å². The van der Waals surface area contributed by atoms with Crippen LogP contribution >= 0.6 is 11.6 Å². The number of nitrogens with two attached hydrogens (primary N) is 1. The Balaban J connectivity index is 2.24. The van der Waals surface area contributed by atoms with E-state index in [4.69, 9.17) is 27.2 Å². The third kappa shape index (κ3) is 2.29. The summed E-state index contributed by atoms with van der Waals surface area (Å²) in [5.41, 5.74) is 4.48. The summed E-state index contributed by atoms with van der Waals surface area (Å²) in [5, 5.41) is 9.02. The molecule has 0 aliphatic carbocycles. The zero-order chi connectivity index (χ0) is 13.3. The molecule has 3 N–H and O–H groups in total. The van der Waals surface area contributed by atoms with Crippen molar-refractivity contribution < 1.29 is 14.6 Å². The van der Waals surface area contributed by atoms with E-state index >= 15 is 0 Å². The maximum Gasteiger partial charge on any atom is 0.325 e. The molecule has 1 fully saturated rings. The van der Waals surface area contributed by atoms with Crippen molar-refractivity contribution in [3.05, 3.63) is 5.28 Å². The number of hydrogen-bond acceptors (Lipinski definition) is 7. The summed E-state index contributed by atoms with van der Waals surface area (Å²) >= 11 is 5.72. The van der Waals surface area contributed by atoms with Crippen LogP contribution in [-0.4, -0.2) is 51.8 Å². The van der Waals surface area contributed by atoms with Crippen LogP contribution in [0.3, 0.4) is 0 Å². The quantitative estimate of drug-likeness (QED) is 0.759. The minimum absolute atomic E-state index is 0.0123. The van der Waals surface area contributed by atoms with Crippen LogP contribution in [0.5, 0.6) is 6.01 Å². The predicted octanol–water partition coefficient (Wildman–Crippen LogP) is -0.474. The number of carboxylic acid groups (broad SMARTS) is 1. The number of ether oxygens (including phenoxy) is 1. The van der Waals surface area contributed by atoms with Gasteiger partial charge in [-0.1, -0.05) is 0 Å². The standard InChI is InChI=1S/C9H12ClN5O3/c1-18-8-13-6(10)12-7(14-8)15-3-2-9(11,4-15)5(16)17/h2-4,11H2,1H3,(H,16,17). The molecule has 9 heteroatoms. The number of hydrogen-bond donors (Lipinski definition) is 2. The van der Waals surface area contributed by atoms with Crippen LogP contribution in [0, 0.1) is 0 Å². The lowest BCUT2D eigenvalue weighted by Gasteiger charge is -2.20. The highest BCUT2D eigenvalue weighted by Crippen LogP contribution is 2.24. The molecule has 0 saturated carbocycles. The number of aromatic nitrogens is 3. The van der Waals surface area contributed by atoms with Crippen molar-refractivity contribution in [2.45, 2.75) is 12.0 Å². The van der Waals surface area contributed by atoms with E-state index in [-0.39, 0.29) is 23.8 Å². The van der Waals surface area contributed by atoms with Gasteiger partial charge in [0.2, 0.25) is 11.2 Å². The van der Waals surface area contributed by atoms with Gasteiger partial charge in [0.05, 0.1) is 7.11 Å². The lowest BCUT2D eigenvalue weighted by atomic mass is 10.0. The monoisotopic (exact) mass is 273 g/mol. The third-order valence-electron chi connectivity index (χ3n) is 2.77. The Labute approximate surface area is 108 Å². The molecule has 18 heavy (non-hydrogen) atoms. The normalized spacial score (nSPS) is 23.2. The van der Waals surface area contributed by atoms with Crippen molar-refractivity contribution in [2.24, 2.45) is 5.73 Å². The fraction of sp³-hybridized carbons (Fsp3) is 0.556. The average Bonchev–Trinajstić information content (AvgIpc) is 2.72. The molecule has 2 rings (SSSR count). The Hall–Kier alpha value is -1.67. The minimum Gasteiger partial charge on any atom is -0.480 e. The van der Waals surface area contributed by atoms with Crippen LogP contribution < -0.4 is 15.4 Å². The van der Waals surface area contributed by atoms with Gasteiger partial charge in [0, 0.05) is 13.1 Å². The Kier molecular flexibility index (Phi) is 3.22. The number of aliphatic carboxylic acids is 1. The van der Waals surface area contributed by atoms with Crippen molar-refractivity contribution in [3.8, 4) is 6.01 Å². The first-order chi connectivity index (χ1) is 8.44. The van der Waals surface area contributed by atoms with Crippen LogP contribution in [0.2, 0.25) is 5.28 Å². The highest BCUT2D eigenvalue weighted by atomic mass is 35.5. The number of carbonyl (C=O) groups is 1. The van der Waals surface area contributed by atoms with Gasteiger partial charge in [-0.15, -0.1) is 0 Å². The van der Waals surface area contributed by atoms with Gasteiger partial charge < -0.3 is 20.5 Å². The summed E-state index contributed by atoms with van der Waals surface area (Å²) in [6.07, 6.45) is 0.313. The van der Waals surface area contributed by atoms with Gasteiger partial charge >= 0.3 is 12.0 Å². The first-order valence-electron chi connectivity index (χ1n) is 5.17. The van der Waals surface area contributed by atoms with Gasteiger partial charge in [-0.05, 0) is 18.0 Å². The van der Waals surface area contributed by atoms with Gasteiger partial charge in [-0.25, -0.2) is 0 Å². The molecule has 0 aromatic carbocycles. The zero-order valence-corrected chi connectivity index (χ0v) is 10.4. The predicted molar refractivity (Wildman–Crippen MR) is 62.8 cm³/mol. The Morgan fingerprint density at radius 3 is 2.83 bits per heavy atom. The zero-order valence-electron chi connectivity index (χ0n) is 9.63. The van der Waals surface area contributed by atoms with Crippen molar-refractivity contribution in [3.63, 3.8) is 0 Å². The van der Waals surface area contributed by atoms with E-state index in [0.29, 0.717) is 13.0 Å². The summed E-state index contributed by atoms with van der Waals surface area (Å²) in [4.78, 5) is 24.4. The highest BCUT2D eigenvalue weighted by molar-refractivity contribution is 6.28. The first kappa shape index (κ1) is 12.8. The lowest BCUT2D eigenvalue weighted by Crippen LogP contribution is -2.50. The first-order valence-corrected chi connectivity index (χ1v) is 5.55. The smallest absolute Gasteiger partial charge is 0.325 e. The third-order valence-corrected chi connectivity index (χ3v) is 2.94. The van der Waals surface area contributed by atoms with Crippen molar-refractivity contribution >= 4 is 23.5 Å². The number of methoxy groups -OCH3 is 1. The fourth-order valence-electron chi connectivity index (χ4n) is 1.73. The number of nitrogens with zero attached hydrogens (tertiary/aromatic N) is 4. The van der Waals surface area contributed by atoms with E-state index in [1.54, 1.807) is 4.90 Å². The number of halogens is 1. The van der Waals surface area contributed by atoms with Gasteiger partial charge in [-0.3, -0.25) is 4.79 Å². The molecule has 1 aromatic heterocycles. The largest absolute Gasteiger partial charge is 0.480 e. The average molecular weight is 274 g/mol. The second-order valence-corrected chi connectivity index (χ2v) is 4.36. The molecule has 8 nitrogen and oxygen atoms in total. The molecule has 0 amide bonds. The summed E-state index contributed by atoms with van der Waals surface area (Å²) in [5.74, 6) is -0.780. The fourth-order valence-corrected chi connectivity index (χ4v) is 1.88. The van der Waals surface area contributed by atoms with Crippen LogP contribution in [-0.2, 0) is 4.79 Å². The number of anilines is 1. The van der Waals surface area contributed by atoms with Crippen molar-refractivity contribution in [1.29, 1.82) is 0 Å². The van der Waals surface area contributed by atoms with Gasteiger partial charge in [0.15, 0.2) is 0 Å². The van der Waals surface area contributed by atoms with E-state index in [1.165, 1.54) is 7.11 Å². The molecule has 1 aromatic rings. The van der Waals surface area contributed by atoms with Gasteiger partial charge in [0.25, 0.3) is 0 Å². The molecule has 1 atom stereocenters. The van der Waals surface area contributed by atoms with Crippen LogP contribution in [0.1, 0.15) is 6.42 Å². The molecule has 0 spiro atoms. The molecule has 0 bridgehead atoms. The molecule has 1 saturated heterocycles. The van der Waals surface area contributed by atoms with Gasteiger partial charge in [0.1, 0.15) is 5.54 Å². The second kappa shape index (κ2) is 4.54. The Morgan fingerprint density at radius 1 is 1.56 bits per heavy atom. The number of carboxylic acids is 1. The topological polar surface area (TPSA) is 114 Å². The van der Waals surface area contributed by atoms with Crippen molar-refractivity contribution in [2.75, 3.05) is 25.1 Å². The van der Waals surface area contributed by atoms with Crippen molar-refractivity contribution in [1.82, 2.24) is 15.0 Å². The second-order valence-electron chi connectivity index (χ2n) is 4.02. The van der Waals surface area contributed by atoms with Gasteiger partial charge in [-0.2, -0.15) is 15.0 Å². The summed E-state index contributed by atoms with van der Waals surface area (Å²) in [6.45, 7) is 0.554. The minimum atomic E-state index is -1.29. The summed E-state index contributed by atoms with van der Waals surface area (Å²) in [6, 6.07) is 0.0786. The lowest BCUT2D eigenvalue weighted by molar-refractivity contribution is -0.142. The molecule has 1 aliphatic heterocycles. The highest BCUT2D eigenvalue weighted by Gasteiger charge is 2.42. The maximum absolute atomic E-state index is 11.0. The summed E-state index contributed by atoms with van der Waals surface area (Å²) in [7, 11) is 1.41. The van der Waals surface area contributed by atoms with Crippen LogP contribution in [0.4, 0.5) is 5.95 Å². The summed E-state index contributed by atoms with van der Waals surface area (Å²) < 4.78 is 4.87. The maximum atomic E-state index is 11.0. The molecular weight excluding hydrogens is 262 g/mol.